The van der Waals surface area contributed by atoms with E-state index in [1.54, 1.807) is 0 Å². The normalized spacial score (nSPS) is 14.7. The predicted molar refractivity (Wildman–Crippen MR) is 586 cm³/mol. The van der Waals surface area contributed by atoms with Crippen LogP contribution in [0.2, 0.25) is 0 Å². The van der Waals surface area contributed by atoms with Gasteiger partial charge in [0.05, 0.1) is 44.3 Å². The van der Waals surface area contributed by atoms with Gasteiger partial charge >= 0.3 is 0 Å². The van der Waals surface area contributed by atoms with Crippen molar-refractivity contribution in [2.45, 2.75) is 194 Å². The summed E-state index contributed by atoms with van der Waals surface area (Å²) >= 11 is 0. The van der Waals surface area contributed by atoms with Crippen LogP contribution < -0.4 is 35.7 Å². The zero-order valence-electron chi connectivity index (χ0n) is 84.0. The highest BCUT2D eigenvalue weighted by Gasteiger charge is 2.54. The Morgan fingerprint density at radius 1 is 0.209 bits per heavy atom. The summed E-state index contributed by atoms with van der Waals surface area (Å²) in [5.74, 6) is 3.40. The number of ether oxygens (including phenoxy) is 2. The molecule has 7 heteroatoms. The maximum atomic E-state index is 7.56. The molecule has 2 aromatic heterocycles. The molecule has 0 radical (unpaired) electrons. The summed E-state index contributed by atoms with van der Waals surface area (Å²) in [7, 11) is 0. The minimum absolute atomic E-state index is 0.0947. The quantitative estimate of drug-likeness (QED) is 0.155. The van der Waals surface area contributed by atoms with E-state index in [0.717, 1.165) is 113 Å². The van der Waals surface area contributed by atoms with Gasteiger partial charge in [0.25, 0.3) is 6.71 Å². The first-order valence-electron chi connectivity index (χ1n) is 50.1. The van der Waals surface area contributed by atoms with Crippen molar-refractivity contribution in [3.05, 3.63) is 423 Å². The molecule has 2 aliphatic carbocycles. The minimum Gasteiger partial charge on any atom is -0.457 e. The summed E-state index contributed by atoms with van der Waals surface area (Å²) in [6.45, 7) is 49.2. The van der Waals surface area contributed by atoms with E-state index >= 15 is 0 Å². The average molecular weight is 1800 g/mol. The summed E-state index contributed by atoms with van der Waals surface area (Å²) < 4.78 is 20.3. The van der Waals surface area contributed by atoms with Crippen LogP contribution in [0.1, 0.15) is 229 Å². The van der Waals surface area contributed by atoms with Crippen LogP contribution in [0.3, 0.4) is 0 Å². The molecule has 0 bridgehead atoms. The standard InChI is InChI=1S/C132H119BN4O2/c1-124(2,3)80-48-60-109(93(68-80)78-46-56-105-121(66-78)138-119-44-32-30-42-103(119)131(105)99-38-26-22-34-89(99)90-35-23-27-39-100(90)131)136-115-76-87(134-111-62-50-82(126(7,8)9)70-95(111)96-71-83(127(10,11)12)51-63-112(96)134)54-58-107(115)133-108-59-55-88(135-113-64-52-84(128(13,14)15)72-97(113)98-73-85(129(16,17)18)53-65-114(98)135)77-116(108)137(118-75-86(130(19,20)21)74-117(136)123(118)133)110-61-49-81(125(4,5)6)69-94(110)79-47-57-106-122(67-79)139-120-45-33-31-43-104(120)132(106)101-40-28-24-36-91(101)92-37-25-29-41-102(92)132/h22-77H,1-21H3. The van der Waals surface area contributed by atoms with Gasteiger partial charge in [0.1, 0.15) is 23.0 Å². The molecule has 0 amide bonds. The van der Waals surface area contributed by atoms with Crippen LogP contribution in [0.4, 0.5) is 34.1 Å². The summed E-state index contributed by atoms with van der Waals surface area (Å²) in [5.41, 5.74) is 42.3. The van der Waals surface area contributed by atoms with Crippen molar-refractivity contribution in [2.75, 3.05) is 9.80 Å². The van der Waals surface area contributed by atoms with E-state index in [9.17, 15) is 0 Å². The molecule has 139 heavy (non-hydrogen) atoms. The smallest absolute Gasteiger partial charge is 0.252 e. The van der Waals surface area contributed by atoms with Crippen LogP contribution in [-0.2, 0) is 48.7 Å². The first kappa shape index (κ1) is 86.2. The Labute approximate surface area is 819 Å². The van der Waals surface area contributed by atoms with E-state index in [0.29, 0.717) is 0 Å². The Morgan fingerprint density at radius 3 is 0.806 bits per heavy atom. The highest BCUT2D eigenvalue weighted by atomic mass is 16.5. The monoisotopic (exact) mass is 1800 g/mol. The van der Waals surface area contributed by atoms with Gasteiger partial charge in [-0.1, -0.05) is 352 Å². The molecule has 19 aromatic rings. The van der Waals surface area contributed by atoms with Crippen molar-refractivity contribution >= 4 is 101 Å². The Kier molecular flexibility index (Phi) is 18.3. The highest BCUT2D eigenvalue weighted by Crippen LogP contribution is 2.66. The number of benzene rings is 17. The third-order valence-electron chi connectivity index (χ3n) is 31.9. The van der Waals surface area contributed by atoms with Gasteiger partial charge < -0.3 is 28.4 Å². The molecule has 0 atom stereocenters. The fourth-order valence-corrected chi connectivity index (χ4v) is 24.6. The summed E-state index contributed by atoms with van der Waals surface area (Å²) in [4.78, 5) is 5.44. The average Bonchev–Trinajstić information content (AvgIpc) is 1.64. The zero-order chi connectivity index (χ0) is 96.0. The fraction of sp³-hybridized carbons (Fsp3) is 0.227. The molecule has 4 aliphatic heterocycles. The number of hydrogen-bond acceptors (Lipinski definition) is 4. The Morgan fingerprint density at radius 2 is 0.489 bits per heavy atom. The van der Waals surface area contributed by atoms with Crippen LogP contribution in [-0.4, -0.2) is 15.8 Å². The molecule has 682 valence electrons. The number of nitrogens with zero attached hydrogens (tertiary/aromatic N) is 4. The molecule has 6 aliphatic rings. The predicted octanol–water partition coefficient (Wildman–Crippen LogP) is 33.3. The minimum atomic E-state index is -0.658. The molecular weight excluding hydrogens is 1680 g/mol. The van der Waals surface area contributed by atoms with Gasteiger partial charge in [-0.15, -0.1) is 0 Å². The lowest BCUT2D eigenvalue weighted by Gasteiger charge is -2.46. The topological polar surface area (TPSA) is 34.8 Å². The number of hydrogen-bond donors (Lipinski definition) is 0. The van der Waals surface area contributed by atoms with E-state index in [-0.39, 0.29) is 39.2 Å². The lowest BCUT2D eigenvalue weighted by atomic mass is 9.33. The number of para-hydroxylation sites is 2. The fourth-order valence-electron chi connectivity index (χ4n) is 24.6. The van der Waals surface area contributed by atoms with Gasteiger partial charge in [-0.3, -0.25) is 0 Å². The van der Waals surface area contributed by atoms with Crippen molar-refractivity contribution in [3.63, 3.8) is 0 Å². The maximum absolute atomic E-state index is 7.56. The van der Waals surface area contributed by atoms with Gasteiger partial charge in [0, 0.05) is 89.0 Å². The second-order valence-corrected chi connectivity index (χ2v) is 47.6. The molecule has 6 nitrogen and oxygen atoms in total. The molecule has 6 heterocycles. The number of rotatable bonds is 6. The molecule has 2 spiro atoms. The Hall–Kier alpha value is -14.4. The van der Waals surface area contributed by atoms with Crippen molar-refractivity contribution in [1.29, 1.82) is 0 Å². The van der Waals surface area contributed by atoms with Crippen molar-refractivity contribution in [1.82, 2.24) is 9.13 Å². The number of fused-ring (bicyclic) bond motifs is 28. The Balaban J connectivity index is 0.794. The van der Waals surface area contributed by atoms with Crippen molar-refractivity contribution < 1.29 is 9.47 Å². The third kappa shape index (κ3) is 12.7. The first-order valence-corrected chi connectivity index (χ1v) is 50.1. The van der Waals surface area contributed by atoms with Gasteiger partial charge in [0.2, 0.25) is 0 Å². The molecule has 25 rings (SSSR count). The largest absolute Gasteiger partial charge is 0.457 e. The van der Waals surface area contributed by atoms with E-state index in [1.807, 2.05) is 0 Å². The summed E-state index contributed by atoms with van der Waals surface area (Å²) in [5, 5.41) is 4.99. The van der Waals surface area contributed by atoms with Crippen LogP contribution in [0.25, 0.3) is 99.5 Å². The van der Waals surface area contributed by atoms with E-state index in [4.69, 9.17) is 9.47 Å². The molecule has 0 unspecified atom stereocenters. The van der Waals surface area contributed by atoms with Gasteiger partial charge in [-0.05, 0) is 282 Å². The lowest BCUT2D eigenvalue weighted by molar-refractivity contribution is 0.436. The first-order chi connectivity index (χ1) is 66.3. The van der Waals surface area contributed by atoms with Gasteiger partial charge in [0.15, 0.2) is 0 Å². The molecular formula is C132H119BN4O2. The van der Waals surface area contributed by atoms with Crippen molar-refractivity contribution in [2.24, 2.45) is 0 Å². The number of anilines is 6. The van der Waals surface area contributed by atoms with Crippen LogP contribution in [0.5, 0.6) is 23.0 Å². The maximum Gasteiger partial charge on any atom is 0.252 e. The summed E-state index contributed by atoms with van der Waals surface area (Å²) in [6, 6.07) is 133. The van der Waals surface area contributed by atoms with Gasteiger partial charge in [-0.2, -0.15) is 0 Å². The second-order valence-electron chi connectivity index (χ2n) is 47.6. The highest BCUT2D eigenvalue weighted by molar-refractivity contribution is 7.00. The SMILES string of the molecule is CC(C)(C)c1ccc(N2c3cc(-n4c5ccc(C(C)(C)C)cc5c5cc(C(C)(C)C)ccc54)ccc3B3c4ccc(-n5c6ccc(C(C)(C)C)cc6c6cc(C(C)(C)C)ccc65)cc4N(c4ccc(C(C)(C)C)cc4-c4ccc5c(c4)Oc4ccccc4C54c5ccccc5-c5ccccc54)c4cc(C(C)(C)C)cc2c43)c(-c2ccc3c(c2)Oc2ccccc2C32c3ccccc3-c3ccccc32)c1. The Bertz CT molecular complexity index is 7810. The van der Waals surface area contributed by atoms with E-state index < -0.39 is 16.2 Å². The number of aromatic nitrogens is 2. The lowest BCUT2D eigenvalue weighted by Crippen LogP contribution is -2.61. The summed E-state index contributed by atoms with van der Waals surface area (Å²) in [6.07, 6.45) is 0. The van der Waals surface area contributed by atoms with E-state index in [2.05, 4.69) is 504 Å². The molecule has 0 N–H and O–H groups in total. The molecule has 0 saturated carbocycles. The van der Waals surface area contributed by atoms with Crippen molar-refractivity contribution in [3.8, 4) is 78.9 Å². The van der Waals surface area contributed by atoms with Crippen LogP contribution >= 0.6 is 0 Å². The van der Waals surface area contributed by atoms with E-state index in [1.165, 1.54) is 143 Å². The third-order valence-corrected chi connectivity index (χ3v) is 31.9. The zero-order valence-corrected chi connectivity index (χ0v) is 84.0. The van der Waals surface area contributed by atoms with Crippen LogP contribution in [0, 0.1) is 0 Å². The molecule has 17 aromatic carbocycles. The van der Waals surface area contributed by atoms with Crippen LogP contribution in [0.15, 0.2) is 340 Å². The molecule has 0 saturated heterocycles. The second kappa shape index (κ2) is 29.6. The van der Waals surface area contributed by atoms with Gasteiger partial charge in [-0.25, -0.2) is 0 Å². The molecule has 0 fully saturated rings.